The van der Waals surface area contributed by atoms with Crippen molar-refractivity contribution < 1.29 is 4.74 Å². The van der Waals surface area contributed by atoms with Crippen LogP contribution in [0.2, 0.25) is 0 Å². The number of hydrogen-bond donors (Lipinski definition) is 0. The fraction of sp³-hybridized carbons (Fsp3) is 0.400. The second kappa shape index (κ2) is 4.02. The fourth-order valence-corrected chi connectivity index (χ4v) is 0.865. The molecule has 0 bridgehead atoms. The molecule has 0 spiro atoms. The van der Waals surface area contributed by atoms with Gasteiger partial charge >= 0.3 is 0 Å². The number of hydrogen-bond acceptors (Lipinski definition) is 1. The number of para-hydroxylation sites is 1. The minimum Gasteiger partial charge on any atom is -0.493 e. The topological polar surface area (TPSA) is 9.23 Å². The third-order valence-electron chi connectivity index (χ3n) is 1.47. The Morgan fingerprint density at radius 1 is 1.55 bits per heavy atom. The molecule has 0 aromatic heterocycles. The Hall–Kier alpha value is -0.980. The lowest BCUT2D eigenvalue weighted by Crippen LogP contribution is -1.96. The Labute approximate surface area is 68.0 Å². The van der Waals surface area contributed by atoms with Gasteiger partial charge < -0.3 is 4.74 Å². The summed E-state index contributed by atoms with van der Waals surface area (Å²) in [5, 5.41) is 0. The lowest BCUT2D eigenvalue weighted by molar-refractivity contribution is 0.314. The van der Waals surface area contributed by atoms with Crippen LogP contribution >= 0.6 is 0 Å². The molecule has 1 aromatic carbocycles. The minimum atomic E-state index is 0.779. The summed E-state index contributed by atoms with van der Waals surface area (Å²) in [7, 11) is 0. The van der Waals surface area contributed by atoms with E-state index in [0.29, 0.717) is 0 Å². The smallest absolute Gasteiger partial charge is 0.130 e. The molecule has 1 radical (unpaired) electrons. The fourth-order valence-electron chi connectivity index (χ4n) is 0.865. The Morgan fingerprint density at radius 3 is 3.00 bits per heavy atom. The highest BCUT2D eigenvalue weighted by atomic mass is 16.5. The van der Waals surface area contributed by atoms with Crippen molar-refractivity contribution in [2.24, 2.45) is 0 Å². The first-order valence-corrected chi connectivity index (χ1v) is 3.94. The van der Waals surface area contributed by atoms with Gasteiger partial charge in [0.2, 0.25) is 0 Å². The molecule has 1 rings (SSSR count). The van der Waals surface area contributed by atoms with Crippen molar-refractivity contribution in [3.05, 3.63) is 29.8 Å². The van der Waals surface area contributed by atoms with E-state index >= 15 is 0 Å². The molecule has 0 unspecified atom stereocenters. The highest BCUT2D eigenvalue weighted by Crippen LogP contribution is 2.14. The summed E-state index contributed by atoms with van der Waals surface area (Å²) < 4.78 is 5.43. The van der Waals surface area contributed by atoms with Gasteiger partial charge in [0.05, 0.1) is 6.61 Å². The predicted molar refractivity (Wildman–Crippen MR) is 45.8 cm³/mol. The molecule has 1 nitrogen and oxygen atoms in total. The molecule has 59 valence electrons. The predicted octanol–water partition coefficient (Wildman–Crippen LogP) is 2.58. The standard InChI is InChI=1S/C10H13O/c1-3-8-11-10-7-5-4-6-9(10)2/h4-6H,3,8H2,1-2H3. The van der Waals surface area contributed by atoms with Crippen LogP contribution in [-0.2, 0) is 0 Å². The van der Waals surface area contributed by atoms with E-state index in [2.05, 4.69) is 13.0 Å². The molecule has 11 heavy (non-hydrogen) atoms. The molecule has 1 aromatic rings. The summed E-state index contributed by atoms with van der Waals surface area (Å²) >= 11 is 0. The van der Waals surface area contributed by atoms with Gasteiger partial charge in [-0.1, -0.05) is 25.1 Å². The molecular formula is C10H13O. The highest BCUT2D eigenvalue weighted by molar-refractivity contribution is 5.30. The summed E-state index contributed by atoms with van der Waals surface area (Å²) in [6, 6.07) is 8.92. The summed E-state index contributed by atoms with van der Waals surface area (Å²) in [5.41, 5.74) is 1.15. The highest BCUT2D eigenvalue weighted by Gasteiger charge is 1.95. The molecule has 0 atom stereocenters. The van der Waals surface area contributed by atoms with Gasteiger partial charge in [-0.05, 0) is 18.9 Å². The van der Waals surface area contributed by atoms with Gasteiger partial charge in [-0.3, -0.25) is 0 Å². The van der Waals surface area contributed by atoms with Crippen molar-refractivity contribution in [2.75, 3.05) is 6.61 Å². The van der Waals surface area contributed by atoms with Gasteiger partial charge in [0.15, 0.2) is 0 Å². The molecule has 0 saturated heterocycles. The van der Waals surface area contributed by atoms with Crippen molar-refractivity contribution in [3.8, 4) is 5.75 Å². The second-order valence-corrected chi connectivity index (χ2v) is 2.53. The van der Waals surface area contributed by atoms with Crippen LogP contribution in [0, 0.1) is 13.0 Å². The van der Waals surface area contributed by atoms with Crippen LogP contribution in [0.5, 0.6) is 5.75 Å². The summed E-state index contributed by atoms with van der Waals surface area (Å²) in [4.78, 5) is 0. The molecule has 1 heteroatoms. The Kier molecular flexibility index (Phi) is 2.96. The molecular weight excluding hydrogens is 136 g/mol. The van der Waals surface area contributed by atoms with Crippen molar-refractivity contribution in [1.82, 2.24) is 0 Å². The van der Waals surface area contributed by atoms with Crippen LogP contribution in [0.1, 0.15) is 18.9 Å². The first-order valence-electron chi connectivity index (χ1n) is 3.94. The summed E-state index contributed by atoms with van der Waals surface area (Å²) in [6.07, 6.45) is 1.04. The van der Waals surface area contributed by atoms with Gasteiger partial charge in [0.25, 0.3) is 0 Å². The van der Waals surface area contributed by atoms with Gasteiger partial charge in [0, 0.05) is 6.07 Å². The largest absolute Gasteiger partial charge is 0.493 e. The third kappa shape index (κ3) is 2.26. The zero-order valence-electron chi connectivity index (χ0n) is 7.05. The van der Waals surface area contributed by atoms with Crippen LogP contribution in [0.25, 0.3) is 0 Å². The third-order valence-corrected chi connectivity index (χ3v) is 1.47. The van der Waals surface area contributed by atoms with Gasteiger partial charge in [-0.2, -0.15) is 0 Å². The van der Waals surface area contributed by atoms with Crippen LogP contribution < -0.4 is 4.74 Å². The summed E-state index contributed by atoms with van der Waals surface area (Å²) in [6.45, 7) is 4.90. The lowest BCUT2D eigenvalue weighted by atomic mass is 10.2. The van der Waals surface area contributed by atoms with E-state index in [-0.39, 0.29) is 0 Å². The normalized spacial score (nSPS) is 9.64. The average molecular weight is 149 g/mol. The number of rotatable bonds is 3. The maximum atomic E-state index is 5.43. The average Bonchev–Trinajstić information content (AvgIpc) is 2.03. The van der Waals surface area contributed by atoms with E-state index in [1.54, 1.807) is 0 Å². The quantitative estimate of drug-likeness (QED) is 0.641. The van der Waals surface area contributed by atoms with Crippen molar-refractivity contribution in [3.63, 3.8) is 0 Å². The maximum Gasteiger partial charge on any atom is 0.130 e. The van der Waals surface area contributed by atoms with Crippen LogP contribution in [0.3, 0.4) is 0 Å². The monoisotopic (exact) mass is 149 g/mol. The number of ether oxygens (including phenoxy) is 1. The van der Waals surface area contributed by atoms with Crippen molar-refractivity contribution >= 4 is 0 Å². The zero-order valence-corrected chi connectivity index (χ0v) is 7.05. The second-order valence-electron chi connectivity index (χ2n) is 2.53. The molecule has 0 aliphatic rings. The van der Waals surface area contributed by atoms with E-state index in [1.165, 1.54) is 0 Å². The van der Waals surface area contributed by atoms with E-state index < -0.39 is 0 Å². The molecule has 0 heterocycles. The van der Waals surface area contributed by atoms with Crippen LogP contribution in [0.4, 0.5) is 0 Å². The molecule has 0 aliphatic carbocycles. The molecule has 0 amide bonds. The van der Waals surface area contributed by atoms with E-state index in [4.69, 9.17) is 4.74 Å². The van der Waals surface area contributed by atoms with Gasteiger partial charge in [-0.15, -0.1) is 0 Å². The Balaban J connectivity index is 2.62. The molecule has 0 aliphatic heterocycles. The molecule has 0 saturated carbocycles. The maximum absolute atomic E-state index is 5.43. The number of aryl methyl sites for hydroxylation is 1. The minimum absolute atomic E-state index is 0.779. The lowest BCUT2D eigenvalue weighted by Gasteiger charge is -2.05. The molecule has 0 fully saturated rings. The van der Waals surface area contributed by atoms with E-state index in [9.17, 15) is 0 Å². The van der Waals surface area contributed by atoms with Crippen LogP contribution in [0.15, 0.2) is 18.2 Å². The first kappa shape index (κ1) is 8.12. The molecule has 0 N–H and O–H groups in total. The van der Waals surface area contributed by atoms with Gasteiger partial charge in [0.1, 0.15) is 5.75 Å². The number of benzene rings is 1. The van der Waals surface area contributed by atoms with Gasteiger partial charge in [-0.25, -0.2) is 0 Å². The first-order chi connectivity index (χ1) is 5.34. The van der Waals surface area contributed by atoms with E-state index in [1.807, 2.05) is 25.1 Å². The van der Waals surface area contributed by atoms with E-state index in [0.717, 1.165) is 24.3 Å². The Bertz CT molecular complexity index is 218. The van der Waals surface area contributed by atoms with Crippen LogP contribution in [-0.4, -0.2) is 6.61 Å². The Morgan fingerprint density at radius 2 is 2.36 bits per heavy atom. The summed E-state index contributed by atoms with van der Waals surface area (Å²) in [5.74, 6) is 0.884. The zero-order chi connectivity index (χ0) is 8.10. The SMILES string of the molecule is CCCOc1[c]cccc1C. The van der Waals surface area contributed by atoms with Crippen molar-refractivity contribution in [2.45, 2.75) is 20.3 Å². The van der Waals surface area contributed by atoms with Crippen molar-refractivity contribution in [1.29, 1.82) is 0 Å².